The fourth-order valence-electron chi connectivity index (χ4n) is 7.28. The van der Waals surface area contributed by atoms with Crippen LogP contribution in [0.25, 0.3) is 0 Å². The SMILES string of the molecule is CCCCCC1CCC(c2ccc(OC(=O)C3CCC(C4CCC(CCC)CC4)CC3)cc2)NC1. The van der Waals surface area contributed by atoms with Gasteiger partial charge in [-0.2, -0.15) is 0 Å². The van der Waals surface area contributed by atoms with Gasteiger partial charge in [-0.1, -0.05) is 70.9 Å². The topological polar surface area (TPSA) is 38.3 Å². The molecule has 1 heterocycles. The van der Waals surface area contributed by atoms with E-state index in [2.05, 4.69) is 31.3 Å². The number of unbranched alkanes of at least 4 members (excludes halogenated alkanes) is 2. The smallest absolute Gasteiger partial charge is 0.314 e. The molecule has 0 radical (unpaired) electrons. The Morgan fingerprint density at radius 2 is 1.43 bits per heavy atom. The van der Waals surface area contributed by atoms with E-state index in [1.807, 2.05) is 12.1 Å². The monoisotopic (exact) mass is 481 g/mol. The summed E-state index contributed by atoms with van der Waals surface area (Å²) in [6, 6.07) is 8.76. The number of carbonyl (C=O) groups is 1. The predicted octanol–water partition coefficient (Wildman–Crippen LogP) is 8.63. The van der Waals surface area contributed by atoms with Gasteiger partial charge in [0.15, 0.2) is 0 Å². The zero-order valence-electron chi connectivity index (χ0n) is 22.6. The highest BCUT2D eigenvalue weighted by atomic mass is 16.5. The lowest BCUT2D eigenvalue weighted by Crippen LogP contribution is -2.33. The summed E-state index contributed by atoms with van der Waals surface area (Å²) in [5.41, 5.74) is 1.32. The minimum Gasteiger partial charge on any atom is -0.426 e. The molecule has 1 saturated heterocycles. The van der Waals surface area contributed by atoms with Crippen LogP contribution in [0.5, 0.6) is 5.75 Å². The average Bonchev–Trinajstić information content (AvgIpc) is 2.90. The van der Waals surface area contributed by atoms with Crippen LogP contribution >= 0.6 is 0 Å². The van der Waals surface area contributed by atoms with Crippen molar-refractivity contribution in [2.24, 2.45) is 29.6 Å². The number of hydrogen-bond donors (Lipinski definition) is 1. The molecule has 2 unspecified atom stereocenters. The first-order chi connectivity index (χ1) is 17.2. The molecule has 1 N–H and O–H groups in total. The summed E-state index contributed by atoms with van der Waals surface area (Å²) in [5, 5.41) is 3.76. The number of esters is 1. The Labute approximate surface area is 215 Å². The first-order valence-electron chi connectivity index (χ1n) is 15.2. The molecule has 2 aliphatic carbocycles. The normalized spacial score (nSPS) is 31.7. The molecule has 3 aliphatic rings. The molecular formula is C32H51NO2. The molecule has 3 heteroatoms. The van der Waals surface area contributed by atoms with Gasteiger partial charge >= 0.3 is 5.97 Å². The van der Waals surface area contributed by atoms with Gasteiger partial charge in [0.05, 0.1) is 5.92 Å². The van der Waals surface area contributed by atoms with E-state index in [1.54, 1.807) is 0 Å². The summed E-state index contributed by atoms with van der Waals surface area (Å²) < 4.78 is 5.83. The number of ether oxygens (including phenoxy) is 1. The Balaban J connectivity index is 1.16. The average molecular weight is 482 g/mol. The number of benzene rings is 1. The van der Waals surface area contributed by atoms with Crippen molar-refractivity contribution in [2.45, 2.75) is 123 Å². The quantitative estimate of drug-likeness (QED) is 0.206. The second-order valence-electron chi connectivity index (χ2n) is 12.1. The molecule has 3 nitrogen and oxygen atoms in total. The van der Waals surface area contributed by atoms with Crippen molar-refractivity contribution < 1.29 is 9.53 Å². The minimum atomic E-state index is -0.00596. The summed E-state index contributed by atoms with van der Waals surface area (Å²) in [6.45, 7) is 5.73. The molecule has 2 atom stereocenters. The molecule has 196 valence electrons. The molecule has 1 aromatic rings. The molecule has 0 spiro atoms. The Morgan fingerprint density at radius 1 is 0.771 bits per heavy atom. The highest BCUT2D eigenvalue weighted by molar-refractivity contribution is 5.75. The van der Waals surface area contributed by atoms with Crippen LogP contribution in [0.4, 0.5) is 0 Å². The lowest BCUT2D eigenvalue weighted by molar-refractivity contribution is -0.140. The molecule has 1 aliphatic heterocycles. The molecule has 0 amide bonds. The van der Waals surface area contributed by atoms with Gasteiger partial charge in [0.2, 0.25) is 0 Å². The number of carbonyl (C=O) groups excluding carboxylic acids is 1. The van der Waals surface area contributed by atoms with Gasteiger partial charge in [-0.05, 0) is 106 Å². The van der Waals surface area contributed by atoms with Crippen LogP contribution in [0, 0.1) is 29.6 Å². The van der Waals surface area contributed by atoms with Crippen molar-refractivity contribution in [3.05, 3.63) is 29.8 Å². The molecule has 0 aromatic heterocycles. The van der Waals surface area contributed by atoms with Crippen molar-refractivity contribution in [1.82, 2.24) is 5.32 Å². The third kappa shape index (κ3) is 7.81. The zero-order valence-corrected chi connectivity index (χ0v) is 22.6. The van der Waals surface area contributed by atoms with Crippen LogP contribution in [-0.4, -0.2) is 12.5 Å². The van der Waals surface area contributed by atoms with Gasteiger partial charge in [-0.3, -0.25) is 4.79 Å². The van der Waals surface area contributed by atoms with E-state index in [4.69, 9.17) is 4.74 Å². The summed E-state index contributed by atoms with van der Waals surface area (Å²) in [6.07, 6.45) is 20.9. The van der Waals surface area contributed by atoms with Crippen LogP contribution in [0.3, 0.4) is 0 Å². The Bertz CT molecular complexity index is 735. The highest BCUT2D eigenvalue weighted by Crippen LogP contribution is 2.42. The fourth-order valence-corrected chi connectivity index (χ4v) is 7.28. The van der Waals surface area contributed by atoms with Crippen molar-refractivity contribution in [1.29, 1.82) is 0 Å². The van der Waals surface area contributed by atoms with Crippen molar-refractivity contribution in [2.75, 3.05) is 6.54 Å². The Kier molecular flexibility index (Phi) is 10.5. The predicted molar refractivity (Wildman–Crippen MR) is 145 cm³/mol. The maximum absolute atomic E-state index is 12.9. The van der Waals surface area contributed by atoms with Gasteiger partial charge in [-0.25, -0.2) is 0 Å². The first kappa shape index (κ1) is 26.7. The number of piperidine rings is 1. The van der Waals surface area contributed by atoms with Gasteiger partial charge in [-0.15, -0.1) is 0 Å². The van der Waals surface area contributed by atoms with E-state index in [9.17, 15) is 4.79 Å². The second-order valence-corrected chi connectivity index (χ2v) is 12.1. The van der Waals surface area contributed by atoms with Crippen LogP contribution in [0.2, 0.25) is 0 Å². The maximum Gasteiger partial charge on any atom is 0.314 e. The third-order valence-electron chi connectivity index (χ3n) is 9.59. The van der Waals surface area contributed by atoms with Crippen molar-refractivity contribution in [3.8, 4) is 5.75 Å². The van der Waals surface area contributed by atoms with Gasteiger partial charge < -0.3 is 10.1 Å². The minimum absolute atomic E-state index is 0.00596. The second kappa shape index (κ2) is 13.8. The van der Waals surface area contributed by atoms with E-state index >= 15 is 0 Å². The number of nitrogens with one attached hydrogen (secondary N) is 1. The third-order valence-corrected chi connectivity index (χ3v) is 9.59. The molecule has 2 saturated carbocycles. The lowest BCUT2D eigenvalue weighted by atomic mass is 9.69. The van der Waals surface area contributed by atoms with Crippen LogP contribution < -0.4 is 10.1 Å². The number of rotatable bonds is 10. The largest absolute Gasteiger partial charge is 0.426 e. The summed E-state index contributed by atoms with van der Waals surface area (Å²) >= 11 is 0. The van der Waals surface area contributed by atoms with Gasteiger partial charge in [0.1, 0.15) is 5.75 Å². The van der Waals surface area contributed by atoms with Crippen LogP contribution in [0.1, 0.15) is 128 Å². The summed E-state index contributed by atoms with van der Waals surface area (Å²) in [4.78, 5) is 12.9. The van der Waals surface area contributed by atoms with Crippen molar-refractivity contribution >= 4 is 5.97 Å². The van der Waals surface area contributed by atoms with Gasteiger partial charge in [0.25, 0.3) is 0 Å². The van der Waals surface area contributed by atoms with Crippen molar-refractivity contribution in [3.63, 3.8) is 0 Å². The summed E-state index contributed by atoms with van der Waals surface area (Å²) in [7, 11) is 0. The molecule has 0 bridgehead atoms. The maximum atomic E-state index is 12.9. The fraction of sp³-hybridized carbons (Fsp3) is 0.781. The highest BCUT2D eigenvalue weighted by Gasteiger charge is 2.33. The summed E-state index contributed by atoms with van der Waals surface area (Å²) in [5.74, 6) is 4.37. The van der Waals surface area contributed by atoms with E-state index in [-0.39, 0.29) is 11.9 Å². The Hall–Kier alpha value is -1.35. The lowest BCUT2D eigenvalue weighted by Gasteiger charge is -2.37. The first-order valence-corrected chi connectivity index (χ1v) is 15.2. The van der Waals surface area contributed by atoms with Crippen LogP contribution in [-0.2, 0) is 4.79 Å². The zero-order chi connectivity index (χ0) is 24.5. The van der Waals surface area contributed by atoms with E-state index in [1.165, 1.54) is 95.5 Å². The molecule has 1 aromatic carbocycles. The molecule has 35 heavy (non-hydrogen) atoms. The van der Waals surface area contributed by atoms with E-state index in [0.29, 0.717) is 11.8 Å². The number of hydrogen-bond acceptors (Lipinski definition) is 3. The molecule has 4 rings (SSSR count). The Morgan fingerprint density at radius 3 is 2.03 bits per heavy atom. The van der Waals surface area contributed by atoms with Crippen LogP contribution in [0.15, 0.2) is 24.3 Å². The molecule has 3 fully saturated rings. The van der Waals surface area contributed by atoms with E-state index < -0.39 is 0 Å². The van der Waals surface area contributed by atoms with Gasteiger partial charge in [0, 0.05) is 6.04 Å². The standard InChI is InChI=1S/C32H51NO2/c1-3-5-6-8-25-11-22-31(33-23-25)28-18-20-30(21-19-28)35-32(34)29-16-14-27(15-17-29)26-12-9-24(7-4-2)10-13-26/h18-21,24-27,29,31,33H,3-17,22-23H2,1-2H3. The molecular weight excluding hydrogens is 430 g/mol. The van der Waals surface area contributed by atoms with E-state index in [0.717, 1.165) is 43.1 Å².